The lowest BCUT2D eigenvalue weighted by atomic mass is 10.1. The average Bonchev–Trinajstić information content (AvgIpc) is 3.10. The summed E-state index contributed by atoms with van der Waals surface area (Å²) in [7, 11) is 0. The molecule has 3 aromatic rings. The fraction of sp³-hybridized carbons (Fsp3) is 0.516. The molecule has 0 bridgehead atoms. The Bertz CT molecular complexity index is 1650. The van der Waals surface area contributed by atoms with Crippen molar-refractivity contribution in [3.05, 3.63) is 62.5 Å². The van der Waals surface area contributed by atoms with Crippen LogP contribution >= 0.6 is 0 Å². The number of nitrogens with two attached hydrogens (primary N) is 1. The first-order valence-electron chi connectivity index (χ1n) is 16.0. The number of nitrogens with zero attached hydrogens (tertiary/aromatic N) is 6. The first-order chi connectivity index (χ1) is 24.2. The number of azide groups is 1. The molecule has 1 aromatic carbocycles. The van der Waals surface area contributed by atoms with Crippen LogP contribution in [0.1, 0.15) is 42.7 Å². The number of anilines is 2. The number of carbonyl (C=O) groups is 3. The molecule has 0 radical (unpaired) electrons. The van der Waals surface area contributed by atoms with Crippen LogP contribution in [-0.2, 0) is 35.1 Å². The number of hydrogen-bond acceptors (Lipinski definition) is 14. The third kappa shape index (κ3) is 14.4. The molecule has 50 heavy (non-hydrogen) atoms. The minimum absolute atomic E-state index is 0.0274. The zero-order valence-corrected chi connectivity index (χ0v) is 28.1. The lowest BCUT2D eigenvalue weighted by Gasteiger charge is -2.18. The Kier molecular flexibility index (Phi) is 16.9. The van der Waals surface area contributed by atoms with Crippen LogP contribution in [0.4, 0.5) is 11.6 Å². The highest BCUT2D eigenvalue weighted by molar-refractivity contribution is 5.97. The van der Waals surface area contributed by atoms with Gasteiger partial charge < -0.3 is 40.6 Å². The van der Waals surface area contributed by atoms with Crippen molar-refractivity contribution in [1.29, 1.82) is 0 Å². The van der Waals surface area contributed by atoms with Crippen molar-refractivity contribution in [1.82, 2.24) is 30.6 Å². The predicted molar refractivity (Wildman–Crippen MR) is 182 cm³/mol. The molecule has 2 amide bonds. The average molecular weight is 698 g/mol. The number of aromatic nitrogens is 4. The van der Waals surface area contributed by atoms with E-state index in [4.69, 9.17) is 30.2 Å². The van der Waals surface area contributed by atoms with Crippen LogP contribution < -0.4 is 27.2 Å². The summed E-state index contributed by atoms with van der Waals surface area (Å²) >= 11 is 0. The molecule has 0 saturated heterocycles. The van der Waals surface area contributed by atoms with Gasteiger partial charge in [-0.25, -0.2) is 14.8 Å². The minimum atomic E-state index is -1.04. The van der Waals surface area contributed by atoms with Gasteiger partial charge >= 0.3 is 5.97 Å². The van der Waals surface area contributed by atoms with Crippen molar-refractivity contribution in [2.45, 2.75) is 39.3 Å². The van der Waals surface area contributed by atoms with Crippen molar-refractivity contribution in [3.8, 4) is 0 Å². The molecule has 0 aliphatic carbocycles. The van der Waals surface area contributed by atoms with Gasteiger partial charge in [0.25, 0.3) is 11.5 Å². The van der Waals surface area contributed by atoms with E-state index in [2.05, 4.69) is 45.9 Å². The Morgan fingerprint density at radius 3 is 2.42 bits per heavy atom. The SMILES string of the molecule is CC(C)COC(=O)C(CCC(=O)NCCOCCOCCOCCN=[N+]=[N-])NC(=O)c1ccc(NCc2cnc3nc(N)[nH]c(=O)c3n2)cc1. The maximum Gasteiger partial charge on any atom is 0.328 e. The molecule has 1 unspecified atom stereocenters. The molecule has 270 valence electrons. The number of esters is 1. The lowest BCUT2D eigenvalue weighted by Crippen LogP contribution is -2.43. The summed E-state index contributed by atoms with van der Waals surface area (Å²) in [6, 6.07) is 5.48. The summed E-state index contributed by atoms with van der Waals surface area (Å²) in [5, 5.41) is 11.9. The molecule has 0 fully saturated rings. The van der Waals surface area contributed by atoms with Crippen LogP contribution in [0.15, 0.2) is 40.4 Å². The second kappa shape index (κ2) is 21.6. The van der Waals surface area contributed by atoms with Gasteiger partial charge in [0, 0.05) is 35.7 Å². The summed E-state index contributed by atoms with van der Waals surface area (Å²) in [5.41, 5.74) is 14.9. The number of nitrogens with one attached hydrogen (secondary N) is 4. The van der Waals surface area contributed by atoms with E-state index in [1.54, 1.807) is 24.3 Å². The van der Waals surface area contributed by atoms with E-state index in [-0.39, 0.29) is 74.6 Å². The Hall–Kier alpha value is -5.36. The maximum absolute atomic E-state index is 13.1. The van der Waals surface area contributed by atoms with Crippen LogP contribution in [0.3, 0.4) is 0 Å². The van der Waals surface area contributed by atoms with Crippen molar-refractivity contribution in [2.75, 3.05) is 70.4 Å². The van der Waals surface area contributed by atoms with E-state index in [9.17, 15) is 19.2 Å². The number of ether oxygens (including phenoxy) is 4. The van der Waals surface area contributed by atoms with Gasteiger partial charge in [-0.1, -0.05) is 19.0 Å². The summed E-state index contributed by atoms with van der Waals surface area (Å²) in [6.45, 7) is 6.75. The van der Waals surface area contributed by atoms with Crippen LogP contribution in [-0.4, -0.2) is 103 Å². The predicted octanol–water partition coefficient (Wildman–Crippen LogP) is 1.46. The molecule has 1 atom stereocenters. The molecule has 2 aromatic heterocycles. The molecule has 19 nitrogen and oxygen atoms in total. The van der Waals surface area contributed by atoms with Crippen LogP contribution in [0.2, 0.25) is 0 Å². The number of H-pyrrole nitrogens is 1. The number of aromatic amines is 1. The Morgan fingerprint density at radius 1 is 1.02 bits per heavy atom. The second-order valence-electron chi connectivity index (χ2n) is 11.1. The van der Waals surface area contributed by atoms with Gasteiger partial charge in [-0.05, 0) is 42.1 Å². The van der Waals surface area contributed by atoms with Crippen LogP contribution in [0.5, 0.6) is 0 Å². The van der Waals surface area contributed by atoms with Gasteiger partial charge in [0.15, 0.2) is 11.2 Å². The molecule has 3 rings (SSSR count). The summed E-state index contributed by atoms with van der Waals surface area (Å²) in [6.07, 6.45) is 1.48. The van der Waals surface area contributed by atoms with Crippen molar-refractivity contribution >= 4 is 40.6 Å². The normalized spacial score (nSPS) is 11.5. The van der Waals surface area contributed by atoms with E-state index >= 15 is 0 Å². The van der Waals surface area contributed by atoms with Gasteiger partial charge in [0.2, 0.25) is 11.9 Å². The molecular weight excluding hydrogens is 654 g/mol. The minimum Gasteiger partial charge on any atom is -0.464 e. The third-order valence-corrected chi connectivity index (χ3v) is 6.63. The summed E-state index contributed by atoms with van der Waals surface area (Å²) < 4.78 is 21.4. The molecule has 0 saturated carbocycles. The largest absolute Gasteiger partial charge is 0.464 e. The standard InChI is InChI=1S/C31H43N11O8/c1-20(2)19-50-30(46)24(7-8-25(43)34-9-11-47-13-15-49-16-14-48-12-10-37-42-33)39-28(44)21-3-5-22(6-4-21)35-17-23-18-36-27-26(38-23)29(45)41-31(32)40-27/h3-6,18,20,24,35H,7-17,19H2,1-2H3,(H,34,43)(H,39,44)(H3,32,36,40,41,45). The van der Waals surface area contributed by atoms with Crippen LogP contribution in [0, 0.1) is 5.92 Å². The number of fused-ring (bicyclic) bond motifs is 1. The topological polar surface area (TPSA) is 271 Å². The van der Waals surface area contributed by atoms with Crippen LogP contribution in [0.25, 0.3) is 21.6 Å². The van der Waals surface area contributed by atoms with Gasteiger partial charge in [-0.2, -0.15) is 4.98 Å². The molecule has 0 aliphatic rings. The molecule has 19 heteroatoms. The van der Waals surface area contributed by atoms with Gasteiger partial charge in [0.05, 0.1) is 64.7 Å². The summed E-state index contributed by atoms with van der Waals surface area (Å²) in [4.78, 5) is 67.8. The van der Waals surface area contributed by atoms with Crippen molar-refractivity contribution in [3.63, 3.8) is 0 Å². The van der Waals surface area contributed by atoms with Crippen molar-refractivity contribution in [2.24, 2.45) is 11.0 Å². The molecule has 0 aliphatic heterocycles. The third-order valence-electron chi connectivity index (χ3n) is 6.63. The number of hydrogen-bond donors (Lipinski definition) is 5. The first kappa shape index (κ1) is 39.1. The number of carbonyl (C=O) groups excluding carboxylic acids is 3. The van der Waals surface area contributed by atoms with Gasteiger partial charge in [-0.15, -0.1) is 0 Å². The fourth-order valence-corrected chi connectivity index (χ4v) is 4.15. The number of rotatable bonds is 23. The fourth-order valence-electron chi connectivity index (χ4n) is 4.15. The monoisotopic (exact) mass is 697 g/mol. The zero-order chi connectivity index (χ0) is 36.1. The van der Waals surface area contributed by atoms with Crippen molar-refractivity contribution < 1.29 is 33.3 Å². The lowest BCUT2D eigenvalue weighted by molar-refractivity contribution is -0.147. The first-order valence-corrected chi connectivity index (χ1v) is 16.0. The smallest absolute Gasteiger partial charge is 0.328 e. The maximum atomic E-state index is 13.1. The second-order valence-corrected chi connectivity index (χ2v) is 11.1. The molecule has 2 heterocycles. The van der Waals surface area contributed by atoms with Gasteiger partial charge in [0.1, 0.15) is 6.04 Å². The number of amides is 2. The number of nitrogen functional groups attached to an aromatic ring is 1. The molecular formula is C31H43N11O8. The quantitative estimate of drug-likeness (QED) is 0.0309. The van der Waals surface area contributed by atoms with E-state index in [1.807, 2.05) is 13.8 Å². The Labute approximate surface area is 287 Å². The molecule has 0 spiro atoms. The van der Waals surface area contributed by atoms with E-state index < -0.39 is 23.5 Å². The van der Waals surface area contributed by atoms with Gasteiger partial charge in [-0.3, -0.25) is 19.4 Å². The molecule has 6 N–H and O–H groups in total. The van der Waals surface area contributed by atoms with E-state index in [0.29, 0.717) is 50.0 Å². The highest BCUT2D eigenvalue weighted by Crippen LogP contribution is 2.13. The highest BCUT2D eigenvalue weighted by Gasteiger charge is 2.24. The number of benzene rings is 1. The van der Waals surface area contributed by atoms with E-state index in [1.165, 1.54) is 6.20 Å². The zero-order valence-electron chi connectivity index (χ0n) is 28.1. The highest BCUT2D eigenvalue weighted by atomic mass is 16.5. The summed E-state index contributed by atoms with van der Waals surface area (Å²) in [5.74, 6) is -1.41. The van der Waals surface area contributed by atoms with E-state index in [0.717, 1.165) is 0 Å². The Balaban J connectivity index is 1.41. The Morgan fingerprint density at radius 2 is 1.72 bits per heavy atom.